The number of nitrogens with zero attached hydrogens (tertiary/aromatic N) is 1. The van der Waals surface area contributed by atoms with Crippen molar-refractivity contribution in [3.8, 4) is 0 Å². The first-order valence-corrected chi connectivity index (χ1v) is 6.73. The van der Waals surface area contributed by atoms with Crippen molar-refractivity contribution < 1.29 is 9.59 Å². The van der Waals surface area contributed by atoms with E-state index in [0.29, 0.717) is 17.0 Å². The van der Waals surface area contributed by atoms with E-state index >= 15 is 0 Å². The van der Waals surface area contributed by atoms with Gasteiger partial charge in [0.05, 0.1) is 11.4 Å². The normalized spacial score (nSPS) is 10.8. The fourth-order valence-corrected chi connectivity index (χ4v) is 2.46. The summed E-state index contributed by atoms with van der Waals surface area (Å²) < 4.78 is 1.72. The van der Waals surface area contributed by atoms with Crippen LogP contribution in [0.3, 0.4) is 0 Å². The van der Waals surface area contributed by atoms with Gasteiger partial charge in [-0.1, -0.05) is 44.2 Å². The Morgan fingerprint density at radius 1 is 1.10 bits per heavy atom. The molecule has 104 valence electrons. The van der Waals surface area contributed by atoms with Crippen molar-refractivity contribution in [1.82, 2.24) is 4.57 Å². The van der Waals surface area contributed by atoms with Crippen molar-refractivity contribution in [2.45, 2.75) is 26.7 Å². The van der Waals surface area contributed by atoms with Crippen molar-refractivity contribution in [1.29, 1.82) is 0 Å². The molecule has 0 radical (unpaired) electrons. The predicted octanol–water partition coefficient (Wildman–Crippen LogP) is 3.58. The number of rotatable bonds is 4. The number of ketones is 2. The van der Waals surface area contributed by atoms with Crippen LogP contribution in [0.2, 0.25) is 0 Å². The largest absolute Gasteiger partial charge is 0.338 e. The number of carbonyl (C=O) groups excluding carboxylic acids is 2. The second-order valence-corrected chi connectivity index (χ2v) is 5.30. The zero-order valence-electron chi connectivity index (χ0n) is 12.3. The van der Waals surface area contributed by atoms with Crippen LogP contribution < -0.4 is 0 Å². The van der Waals surface area contributed by atoms with Crippen LogP contribution in [0.25, 0.3) is 0 Å². The molecule has 2 rings (SSSR count). The topological polar surface area (TPSA) is 39.1 Å². The molecular weight excluding hydrogens is 250 g/mol. The zero-order chi connectivity index (χ0) is 14.9. The van der Waals surface area contributed by atoms with Crippen LogP contribution in [0.1, 0.15) is 58.8 Å². The lowest BCUT2D eigenvalue weighted by Gasteiger charge is -2.07. The lowest BCUT2D eigenvalue weighted by molar-refractivity contribution is 0.100. The Morgan fingerprint density at radius 2 is 1.70 bits per heavy atom. The molecule has 3 heteroatoms. The third kappa shape index (κ3) is 2.44. The minimum absolute atomic E-state index is 0.0108. The van der Waals surface area contributed by atoms with Gasteiger partial charge in [0.2, 0.25) is 5.78 Å². The minimum Gasteiger partial charge on any atom is -0.338 e. The van der Waals surface area contributed by atoms with Crippen molar-refractivity contribution in [3.63, 3.8) is 0 Å². The third-order valence-electron chi connectivity index (χ3n) is 3.49. The molecule has 0 bridgehead atoms. The fraction of sp³-hybridized carbons (Fsp3) is 0.294. The second-order valence-electron chi connectivity index (χ2n) is 5.30. The van der Waals surface area contributed by atoms with Gasteiger partial charge >= 0.3 is 0 Å². The summed E-state index contributed by atoms with van der Waals surface area (Å²) in [6.45, 7) is 5.59. The number of hydrogen-bond donors (Lipinski definition) is 0. The molecule has 3 nitrogen and oxygen atoms in total. The van der Waals surface area contributed by atoms with E-state index in [9.17, 15) is 9.59 Å². The zero-order valence-corrected chi connectivity index (χ0v) is 12.3. The molecule has 0 aliphatic carbocycles. The summed E-state index contributed by atoms with van der Waals surface area (Å²) in [6, 6.07) is 11.0. The van der Waals surface area contributed by atoms with Gasteiger partial charge in [0.15, 0.2) is 5.78 Å². The highest BCUT2D eigenvalue weighted by atomic mass is 16.1. The standard InChI is InChI=1S/C17H19NO2/c1-11(2)14-10-15(18(4)16(14)12(3)19)17(20)13-8-6-5-7-9-13/h5-11H,1-4H3. The molecule has 2 aromatic rings. The van der Waals surface area contributed by atoms with Crippen LogP contribution >= 0.6 is 0 Å². The van der Waals surface area contributed by atoms with E-state index in [2.05, 4.69) is 0 Å². The maximum absolute atomic E-state index is 12.5. The first-order chi connectivity index (χ1) is 9.43. The number of aromatic nitrogens is 1. The average Bonchev–Trinajstić information content (AvgIpc) is 2.77. The van der Waals surface area contributed by atoms with E-state index in [0.717, 1.165) is 5.56 Å². The van der Waals surface area contributed by atoms with Crippen LogP contribution in [0, 0.1) is 0 Å². The second kappa shape index (κ2) is 5.45. The van der Waals surface area contributed by atoms with E-state index in [1.54, 1.807) is 23.7 Å². The maximum Gasteiger partial charge on any atom is 0.209 e. The number of hydrogen-bond acceptors (Lipinski definition) is 2. The van der Waals surface area contributed by atoms with Gasteiger partial charge in [-0.15, -0.1) is 0 Å². The quantitative estimate of drug-likeness (QED) is 0.796. The highest BCUT2D eigenvalue weighted by Crippen LogP contribution is 2.25. The molecule has 0 saturated carbocycles. The summed E-state index contributed by atoms with van der Waals surface area (Å²) in [6.07, 6.45) is 0. The first kappa shape index (κ1) is 14.3. The van der Waals surface area contributed by atoms with Crippen LogP contribution in [0.5, 0.6) is 0 Å². The summed E-state index contributed by atoms with van der Waals surface area (Å²) in [5, 5.41) is 0. The van der Waals surface area contributed by atoms with Crippen LogP contribution in [-0.4, -0.2) is 16.1 Å². The summed E-state index contributed by atoms with van der Waals surface area (Å²) in [5.74, 6) is 0.142. The molecule has 0 saturated heterocycles. The molecule has 0 N–H and O–H groups in total. The molecule has 0 unspecified atom stereocenters. The molecule has 0 atom stereocenters. The van der Waals surface area contributed by atoms with Gasteiger partial charge in [0, 0.05) is 19.5 Å². The van der Waals surface area contributed by atoms with Crippen molar-refractivity contribution in [2.75, 3.05) is 0 Å². The van der Waals surface area contributed by atoms with E-state index in [1.807, 2.05) is 38.1 Å². The predicted molar refractivity (Wildman–Crippen MR) is 79.4 cm³/mol. The van der Waals surface area contributed by atoms with Gasteiger partial charge in [-0.25, -0.2) is 0 Å². The molecule has 0 spiro atoms. The van der Waals surface area contributed by atoms with Gasteiger partial charge in [-0.2, -0.15) is 0 Å². The van der Waals surface area contributed by atoms with Crippen molar-refractivity contribution in [3.05, 3.63) is 58.9 Å². The smallest absolute Gasteiger partial charge is 0.209 e. The highest BCUT2D eigenvalue weighted by molar-refractivity contribution is 6.09. The van der Waals surface area contributed by atoms with Gasteiger partial charge in [0.1, 0.15) is 0 Å². The Hall–Kier alpha value is -2.16. The van der Waals surface area contributed by atoms with Crippen molar-refractivity contribution >= 4 is 11.6 Å². The van der Waals surface area contributed by atoms with E-state index < -0.39 is 0 Å². The Balaban J connectivity index is 2.56. The Labute approximate surface area is 119 Å². The van der Waals surface area contributed by atoms with E-state index in [1.165, 1.54) is 6.92 Å². The highest BCUT2D eigenvalue weighted by Gasteiger charge is 2.22. The molecular formula is C17H19NO2. The molecule has 0 aliphatic heterocycles. The van der Waals surface area contributed by atoms with Crippen LogP contribution in [-0.2, 0) is 7.05 Å². The van der Waals surface area contributed by atoms with Crippen molar-refractivity contribution in [2.24, 2.45) is 7.05 Å². The molecule has 1 aromatic carbocycles. The van der Waals surface area contributed by atoms with Crippen LogP contribution in [0.4, 0.5) is 0 Å². The lowest BCUT2D eigenvalue weighted by atomic mass is 10.0. The number of carbonyl (C=O) groups is 2. The minimum atomic E-state index is -0.0532. The Morgan fingerprint density at radius 3 is 2.15 bits per heavy atom. The first-order valence-electron chi connectivity index (χ1n) is 6.73. The monoisotopic (exact) mass is 269 g/mol. The molecule has 1 aromatic heterocycles. The number of benzene rings is 1. The molecule has 1 heterocycles. The van der Waals surface area contributed by atoms with Gasteiger partial charge < -0.3 is 4.57 Å². The number of Topliss-reactive ketones (excluding diaryl/α,β-unsaturated/α-hetero) is 1. The van der Waals surface area contributed by atoms with E-state index in [-0.39, 0.29) is 17.5 Å². The fourth-order valence-electron chi connectivity index (χ4n) is 2.46. The molecule has 0 amide bonds. The van der Waals surface area contributed by atoms with Gasteiger partial charge in [-0.3, -0.25) is 9.59 Å². The summed E-state index contributed by atoms with van der Waals surface area (Å²) >= 11 is 0. The molecule has 0 aliphatic rings. The maximum atomic E-state index is 12.5. The van der Waals surface area contributed by atoms with Gasteiger partial charge in [0.25, 0.3) is 0 Å². The van der Waals surface area contributed by atoms with Gasteiger partial charge in [-0.05, 0) is 17.5 Å². The SMILES string of the molecule is CC(=O)c1c(C(C)C)cc(C(=O)c2ccccc2)n1C. The molecule has 20 heavy (non-hydrogen) atoms. The lowest BCUT2D eigenvalue weighted by Crippen LogP contribution is -2.11. The third-order valence-corrected chi connectivity index (χ3v) is 3.49. The summed E-state index contributed by atoms with van der Waals surface area (Å²) in [7, 11) is 1.78. The van der Waals surface area contributed by atoms with E-state index in [4.69, 9.17) is 0 Å². The summed E-state index contributed by atoms with van der Waals surface area (Å²) in [4.78, 5) is 24.4. The summed E-state index contributed by atoms with van der Waals surface area (Å²) in [5.41, 5.74) is 2.75. The Bertz CT molecular complexity index is 651. The van der Waals surface area contributed by atoms with Crippen LogP contribution in [0.15, 0.2) is 36.4 Å². The molecule has 0 fully saturated rings. The Kier molecular flexibility index (Phi) is 3.89. The average molecular weight is 269 g/mol.